The smallest absolute Gasteiger partial charge is 0.0935 e. The van der Waals surface area contributed by atoms with Crippen LogP contribution in [0.4, 0.5) is 0 Å². The van der Waals surface area contributed by atoms with Crippen LogP contribution in [0.3, 0.4) is 0 Å². The number of hydrazine groups is 1. The highest BCUT2D eigenvalue weighted by Crippen LogP contribution is 2.21. The molecule has 0 aliphatic carbocycles. The highest BCUT2D eigenvalue weighted by atomic mass is 16.5. The van der Waals surface area contributed by atoms with Crippen molar-refractivity contribution in [1.29, 1.82) is 0 Å². The first-order valence-corrected chi connectivity index (χ1v) is 5.18. The Bertz CT molecular complexity index is 268. The lowest BCUT2D eigenvalue weighted by Crippen LogP contribution is -2.53. The molecule has 0 aliphatic heterocycles. The maximum Gasteiger partial charge on any atom is 0.0935 e. The van der Waals surface area contributed by atoms with Crippen molar-refractivity contribution in [2.45, 2.75) is 38.3 Å². The molecule has 0 radical (unpaired) electrons. The van der Waals surface area contributed by atoms with Gasteiger partial charge in [-0.25, -0.2) is 0 Å². The van der Waals surface area contributed by atoms with Crippen molar-refractivity contribution in [3.8, 4) is 0 Å². The van der Waals surface area contributed by atoms with Crippen LogP contribution in [-0.4, -0.2) is 18.8 Å². The molecule has 0 bridgehead atoms. The Balaban J connectivity index is 2.70. The molecule has 0 aliphatic rings. The molecule has 1 aromatic heterocycles. The standard InChI is InChI=1S/C11H20N2O2/c1-4-11(2,14-3)10(13-12)7-9-5-6-15-8-9/h5-6,8,10,13H,4,7,12H2,1-3H3. The van der Waals surface area contributed by atoms with Gasteiger partial charge in [0, 0.05) is 7.11 Å². The minimum atomic E-state index is -0.258. The molecule has 15 heavy (non-hydrogen) atoms. The van der Waals surface area contributed by atoms with Gasteiger partial charge in [-0.3, -0.25) is 11.3 Å². The van der Waals surface area contributed by atoms with Crippen molar-refractivity contribution in [1.82, 2.24) is 5.43 Å². The Morgan fingerprint density at radius 1 is 1.67 bits per heavy atom. The maximum absolute atomic E-state index is 5.57. The summed E-state index contributed by atoms with van der Waals surface area (Å²) in [6.45, 7) is 4.14. The molecule has 0 saturated heterocycles. The zero-order valence-corrected chi connectivity index (χ0v) is 9.62. The van der Waals surface area contributed by atoms with E-state index in [0.717, 1.165) is 18.4 Å². The third-order valence-electron chi connectivity index (χ3n) is 3.13. The number of furan rings is 1. The van der Waals surface area contributed by atoms with Gasteiger partial charge >= 0.3 is 0 Å². The molecule has 0 amide bonds. The van der Waals surface area contributed by atoms with Crippen LogP contribution in [0.25, 0.3) is 0 Å². The molecule has 86 valence electrons. The van der Waals surface area contributed by atoms with E-state index in [9.17, 15) is 0 Å². The van der Waals surface area contributed by atoms with Crippen molar-refractivity contribution in [3.63, 3.8) is 0 Å². The maximum atomic E-state index is 5.57. The quantitative estimate of drug-likeness (QED) is 0.553. The van der Waals surface area contributed by atoms with E-state index in [2.05, 4.69) is 19.3 Å². The second-order valence-corrected chi connectivity index (χ2v) is 3.93. The third-order valence-corrected chi connectivity index (χ3v) is 3.13. The monoisotopic (exact) mass is 212 g/mol. The zero-order valence-electron chi connectivity index (χ0n) is 9.62. The predicted octanol–water partition coefficient (Wildman–Crippen LogP) is 1.47. The average molecular weight is 212 g/mol. The van der Waals surface area contributed by atoms with E-state index in [0.29, 0.717) is 0 Å². The Labute approximate surface area is 90.8 Å². The Morgan fingerprint density at radius 3 is 2.80 bits per heavy atom. The van der Waals surface area contributed by atoms with Crippen LogP contribution >= 0.6 is 0 Å². The average Bonchev–Trinajstić information content (AvgIpc) is 2.77. The van der Waals surface area contributed by atoms with Crippen molar-refractivity contribution < 1.29 is 9.15 Å². The zero-order chi connectivity index (χ0) is 11.3. The molecule has 1 aromatic rings. The van der Waals surface area contributed by atoms with Crippen LogP contribution in [-0.2, 0) is 11.2 Å². The van der Waals surface area contributed by atoms with Crippen LogP contribution in [0, 0.1) is 0 Å². The summed E-state index contributed by atoms with van der Waals surface area (Å²) in [5.41, 5.74) is 3.68. The molecule has 2 unspecified atom stereocenters. The molecule has 4 heteroatoms. The predicted molar refractivity (Wildman–Crippen MR) is 59.2 cm³/mol. The molecule has 2 atom stereocenters. The minimum Gasteiger partial charge on any atom is -0.472 e. The van der Waals surface area contributed by atoms with Gasteiger partial charge in [-0.05, 0) is 31.4 Å². The fourth-order valence-corrected chi connectivity index (χ4v) is 1.63. The molecule has 0 saturated carbocycles. The van der Waals surface area contributed by atoms with Gasteiger partial charge in [-0.15, -0.1) is 0 Å². The highest BCUT2D eigenvalue weighted by Gasteiger charge is 2.31. The topological polar surface area (TPSA) is 60.4 Å². The van der Waals surface area contributed by atoms with Crippen molar-refractivity contribution in [2.75, 3.05) is 7.11 Å². The number of hydrogen-bond acceptors (Lipinski definition) is 4. The second-order valence-electron chi connectivity index (χ2n) is 3.93. The Morgan fingerprint density at radius 2 is 2.40 bits per heavy atom. The lowest BCUT2D eigenvalue weighted by molar-refractivity contribution is -0.0288. The molecular weight excluding hydrogens is 192 g/mol. The van der Waals surface area contributed by atoms with E-state index >= 15 is 0 Å². The molecule has 0 fully saturated rings. The first-order valence-electron chi connectivity index (χ1n) is 5.18. The van der Waals surface area contributed by atoms with Crippen molar-refractivity contribution in [3.05, 3.63) is 24.2 Å². The summed E-state index contributed by atoms with van der Waals surface area (Å²) >= 11 is 0. The summed E-state index contributed by atoms with van der Waals surface area (Å²) in [7, 11) is 1.71. The van der Waals surface area contributed by atoms with Crippen molar-refractivity contribution in [2.24, 2.45) is 5.84 Å². The van der Waals surface area contributed by atoms with Crippen LogP contribution < -0.4 is 11.3 Å². The minimum absolute atomic E-state index is 0.0742. The molecular formula is C11H20N2O2. The van der Waals surface area contributed by atoms with E-state index in [-0.39, 0.29) is 11.6 Å². The number of ether oxygens (including phenoxy) is 1. The fourth-order valence-electron chi connectivity index (χ4n) is 1.63. The SMILES string of the molecule is CCC(C)(OC)C(Cc1ccoc1)NN. The first-order chi connectivity index (χ1) is 7.16. The van der Waals surface area contributed by atoms with Gasteiger partial charge in [-0.2, -0.15) is 0 Å². The van der Waals surface area contributed by atoms with Gasteiger partial charge < -0.3 is 9.15 Å². The molecule has 1 heterocycles. The van der Waals surface area contributed by atoms with Gasteiger partial charge in [0.05, 0.1) is 24.2 Å². The number of rotatable bonds is 6. The molecule has 4 nitrogen and oxygen atoms in total. The van der Waals surface area contributed by atoms with E-state index in [1.165, 1.54) is 0 Å². The Kier molecular flexibility index (Phi) is 4.32. The summed E-state index contributed by atoms with van der Waals surface area (Å²) in [6, 6.07) is 2.01. The van der Waals surface area contributed by atoms with E-state index in [1.807, 2.05) is 6.07 Å². The van der Waals surface area contributed by atoms with Gasteiger partial charge in [0.2, 0.25) is 0 Å². The summed E-state index contributed by atoms with van der Waals surface area (Å²) < 4.78 is 10.5. The summed E-state index contributed by atoms with van der Waals surface area (Å²) in [5.74, 6) is 5.57. The van der Waals surface area contributed by atoms with Crippen LogP contribution in [0.15, 0.2) is 23.0 Å². The van der Waals surface area contributed by atoms with Gasteiger partial charge in [-0.1, -0.05) is 6.92 Å². The summed E-state index contributed by atoms with van der Waals surface area (Å²) in [4.78, 5) is 0. The van der Waals surface area contributed by atoms with E-state index in [4.69, 9.17) is 15.0 Å². The number of nitrogens with two attached hydrogens (primary N) is 1. The van der Waals surface area contributed by atoms with Gasteiger partial charge in [0.25, 0.3) is 0 Å². The molecule has 0 aromatic carbocycles. The van der Waals surface area contributed by atoms with E-state index in [1.54, 1.807) is 19.6 Å². The Hall–Kier alpha value is -0.840. The number of nitrogens with one attached hydrogen (secondary N) is 1. The molecule has 3 N–H and O–H groups in total. The number of hydrogen-bond donors (Lipinski definition) is 2. The second kappa shape index (κ2) is 5.30. The lowest BCUT2D eigenvalue weighted by atomic mass is 9.89. The van der Waals surface area contributed by atoms with Gasteiger partial charge in [0.1, 0.15) is 0 Å². The summed E-state index contributed by atoms with van der Waals surface area (Å²) in [5, 5.41) is 0. The lowest BCUT2D eigenvalue weighted by Gasteiger charge is -2.35. The summed E-state index contributed by atoms with van der Waals surface area (Å²) in [6.07, 6.45) is 5.09. The molecule has 1 rings (SSSR count). The van der Waals surface area contributed by atoms with Gasteiger partial charge in [0.15, 0.2) is 0 Å². The third kappa shape index (κ3) is 2.81. The van der Waals surface area contributed by atoms with E-state index < -0.39 is 0 Å². The van der Waals surface area contributed by atoms with Crippen LogP contribution in [0.5, 0.6) is 0 Å². The fraction of sp³-hybridized carbons (Fsp3) is 0.636. The van der Waals surface area contributed by atoms with Crippen LogP contribution in [0.1, 0.15) is 25.8 Å². The highest BCUT2D eigenvalue weighted by molar-refractivity contribution is 5.09. The van der Waals surface area contributed by atoms with Crippen molar-refractivity contribution >= 4 is 0 Å². The largest absolute Gasteiger partial charge is 0.472 e. The first kappa shape index (κ1) is 12.2. The number of methoxy groups -OCH3 is 1. The normalized spacial score (nSPS) is 17.3. The molecule has 0 spiro atoms. The van der Waals surface area contributed by atoms with Crippen LogP contribution in [0.2, 0.25) is 0 Å².